The van der Waals surface area contributed by atoms with Crippen LogP contribution in [-0.2, 0) is 0 Å². The monoisotopic (exact) mass is 435 g/mol. The van der Waals surface area contributed by atoms with E-state index in [4.69, 9.17) is 19.6 Å². The molecule has 168 valence electrons. The van der Waals surface area contributed by atoms with E-state index in [2.05, 4.69) is 5.32 Å². The summed E-state index contributed by atoms with van der Waals surface area (Å²) in [6.45, 7) is 3.45. The summed E-state index contributed by atoms with van der Waals surface area (Å²) in [5.74, 6) is 1.93. The molecule has 1 spiro atoms. The number of carbonyl (C=O) groups is 1. The number of likely N-dealkylation sites (tertiary alicyclic amines) is 1. The Labute approximate surface area is 188 Å². The molecule has 0 saturated carbocycles. The van der Waals surface area contributed by atoms with Crippen LogP contribution in [0.4, 0.5) is 0 Å². The Morgan fingerprint density at radius 3 is 2.62 bits per heavy atom. The van der Waals surface area contributed by atoms with Crippen molar-refractivity contribution in [3.63, 3.8) is 0 Å². The third-order valence-electron chi connectivity index (χ3n) is 6.19. The van der Waals surface area contributed by atoms with Crippen molar-refractivity contribution in [3.8, 4) is 17.2 Å². The maximum absolute atomic E-state index is 13.2. The zero-order chi connectivity index (χ0) is 22.7. The molecule has 2 aliphatic heterocycles. The first-order valence-electron chi connectivity index (χ1n) is 10.9. The van der Waals surface area contributed by atoms with Crippen LogP contribution in [0, 0.1) is 5.41 Å². The van der Waals surface area contributed by atoms with Gasteiger partial charge < -0.3 is 29.8 Å². The van der Waals surface area contributed by atoms with Crippen LogP contribution < -0.4 is 19.5 Å². The van der Waals surface area contributed by atoms with E-state index in [9.17, 15) is 4.79 Å². The molecule has 7 heteroatoms. The van der Waals surface area contributed by atoms with Crippen molar-refractivity contribution in [3.05, 3.63) is 59.2 Å². The number of ether oxygens (including phenoxy) is 3. The van der Waals surface area contributed by atoms with Crippen LogP contribution in [-0.4, -0.2) is 56.5 Å². The molecule has 0 bridgehead atoms. The Kier molecular flexibility index (Phi) is 6.08. The van der Waals surface area contributed by atoms with Gasteiger partial charge in [-0.15, -0.1) is 0 Å². The molecule has 32 heavy (non-hydrogen) atoms. The van der Waals surface area contributed by atoms with Gasteiger partial charge in [-0.05, 0) is 37.3 Å². The van der Waals surface area contributed by atoms with Crippen LogP contribution in [0.25, 0.3) is 5.70 Å². The highest BCUT2D eigenvalue weighted by atomic mass is 16.5. The first kappa shape index (κ1) is 21.7. The molecular formula is C25H29N3O4. The fraction of sp³-hybridized carbons (Fsp3) is 0.360. The van der Waals surface area contributed by atoms with Crippen molar-refractivity contribution < 1.29 is 19.0 Å². The second-order valence-corrected chi connectivity index (χ2v) is 7.87. The normalized spacial score (nSPS) is 16.8. The van der Waals surface area contributed by atoms with E-state index in [1.54, 1.807) is 25.3 Å². The van der Waals surface area contributed by atoms with E-state index < -0.39 is 5.60 Å². The number of hydrogen-bond donors (Lipinski definition) is 2. The third-order valence-corrected chi connectivity index (χ3v) is 6.19. The summed E-state index contributed by atoms with van der Waals surface area (Å²) in [5.41, 5.74) is 2.65. The Balaban J connectivity index is 1.57. The zero-order valence-electron chi connectivity index (χ0n) is 18.7. The van der Waals surface area contributed by atoms with Gasteiger partial charge in [-0.1, -0.05) is 12.1 Å². The molecule has 0 aliphatic carbocycles. The Bertz CT molecular complexity index is 1050. The molecule has 2 heterocycles. The summed E-state index contributed by atoms with van der Waals surface area (Å²) in [6.07, 6.45) is 2.60. The van der Waals surface area contributed by atoms with Crippen molar-refractivity contribution in [2.24, 2.45) is 0 Å². The van der Waals surface area contributed by atoms with Gasteiger partial charge in [0.1, 0.15) is 11.4 Å². The van der Waals surface area contributed by atoms with Crippen LogP contribution in [0.2, 0.25) is 0 Å². The highest BCUT2D eigenvalue weighted by Gasteiger charge is 2.45. The summed E-state index contributed by atoms with van der Waals surface area (Å²) < 4.78 is 17.4. The van der Waals surface area contributed by atoms with E-state index in [0.29, 0.717) is 49.6 Å². The van der Waals surface area contributed by atoms with Gasteiger partial charge in [0.25, 0.3) is 5.91 Å². The number of amides is 1. The summed E-state index contributed by atoms with van der Waals surface area (Å²) >= 11 is 0. The third kappa shape index (κ3) is 3.68. The van der Waals surface area contributed by atoms with Crippen LogP contribution in [0.5, 0.6) is 17.2 Å². The van der Waals surface area contributed by atoms with E-state index in [0.717, 1.165) is 22.6 Å². The van der Waals surface area contributed by atoms with Crippen molar-refractivity contribution in [1.29, 1.82) is 5.41 Å². The lowest BCUT2D eigenvalue weighted by atomic mass is 9.80. The van der Waals surface area contributed by atoms with Gasteiger partial charge in [0.2, 0.25) is 0 Å². The maximum atomic E-state index is 13.2. The number of para-hydroxylation sites is 1. The van der Waals surface area contributed by atoms with E-state index in [1.165, 1.54) is 6.21 Å². The van der Waals surface area contributed by atoms with Gasteiger partial charge in [0, 0.05) is 55.9 Å². The lowest BCUT2D eigenvalue weighted by Crippen LogP contribution is -2.53. The average molecular weight is 436 g/mol. The van der Waals surface area contributed by atoms with Gasteiger partial charge in [-0.2, -0.15) is 0 Å². The number of carbonyl (C=O) groups excluding carboxylic acids is 1. The maximum Gasteiger partial charge on any atom is 0.253 e. The molecule has 2 aliphatic rings. The summed E-state index contributed by atoms with van der Waals surface area (Å²) in [7, 11) is 3.45. The molecule has 1 amide bonds. The van der Waals surface area contributed by atoms with Gasteiger partial charge >= 0.3 is 0 Å². The molecule has 2 aromatic rings. The topological polar surface area (TPSA) is 83.9 Å². The molecule has 0 aromatic heterocycles. The van der Waals surface area contributed by atoms with Crippen LogP contribution in [0.15, 0.2) is 48.0 Å². The number of rotatable bonds is 6. The number of hydrogen-bond acceptors (Lipinski definition) is 6. The SMILES string of the molecule is CCOc1cc(C(=O)N2CCC3(CC2)Oc2ccccc2C(NC)=C3C=N)ccc1OC. The van der Waals surface area contributed by atoms with Gasteiger partial charge in [0.15, 0.2) is 11.5 Å². The Hall–Kier alpha value is -3.48. The Morgan fingerprint density at radius 2 is 1.97 bits per heavy atom. The quantitative estimate of drug-likeness (QED) is 0.676. The van der Waals surface area contributed by atoms with Crippen molar-refractivity contribution in [1.82, 2.24) is 10.2 Å². The minimum atomic E-state index is -0.623. The predicted molar refractivity (Wildman–Crippen MR) is 124 cm³/mol. The lowest BCUT2D eigenvalue weighted by molar-refractivity contribution is 0.0291. The number of piperidine rings is 1. The van der Waals surface area contributed by atoms with Crippen molar-refractivity contribution >= 4 is 17.8 Å². The molecule has 1 fully saturated rings. The van der Waals surface area contributed by atoms with Gasteiger partial charge in [-0.3, -0.25) is 4.79 Å². The second kappa shape index (κ2) is 8.94. The van der Waals surface area contributed by atoms with Gasteiger partial charge in [-0.25, -0.2) is 0 Å². The molecule has 7 nitrogen and oxygen atoms in total. The molecule has 0 unspecified atom stereocenters. The van der Waals surface area contributed by atoms with Gasteiger partial charge in [0.05, 0.1) is 19.4 Å². The molecule has 2 N–H and O–H groups in total. The molecular weight excluding hydrogens is 406 g/mol. The van der Waals surface area contributed by atoms with Crippen LogP contribution in [0.1, 0.15) is 35.7 Å². The lowest BCUT2D eigenvalue weighted by Gasteiger charge is -2.45. The summed E-state index contributed by atoms with van der Waals surface area (Å²) in [4.78, 5) is 15.1. The van der Waals surface area contributed by atoms with E-state index in [-0.39, 0.29) is 5.91 Å². The van der Waals surface area contributed by atoms with Crippen LogP contribution >= 0.6 is 0 Å². The minimum Gasteiger partial charge on any atom is -0.493 e. The number of benzene rings is 2. The summed E-state index contributed by atoms with van der Waals surface area (Å²) in [6, 6.07) is 13.1. The molecule has 4 rings (SSSR count). The first-order valence-corrected chi connectivity index (χ1v) is 10.9. The Morgan fingerprint density at radius 1 is 1.22 bits per heavy atom. The zero-order valence-corrected chi connectivity index (χ0v) is 18.7. The number of nitrogens with one attached hydrogen (secondary N) is 2. The first-order chi connectivity index (χ1) is 15.6. The molecule has 0 atom stereocenters. The largest absolute Gasteiger partial charge is 0.493 e. The number of nitrogens with zero attached hydrogens (tertiary/aromatic N) is 1. The van der Waals surface area contributed by atoms with E-state index in [1.807, 2.05) is 43.1 Å². The highest BCUT2D eigenvalue weighted by Crippen LogP contribution is 2.44. The molecule has 2 aromatic carbocycles. The second-order valence-electron chi connectivity index (χ2n) is 7.87. The van der Waals surface area contributed by atoms with E-state index >= 15 is 0 Å². The van der Waals surface area contributed by atoms with Crippen molar-refractivity contribution in [2.45, 2.75) is 25.4 Å². The molecule has 1 saturated heterocycles. The van der Waals surface area contributed by atoms with Crippen molar-refractivity contribution in [2.75, 3.05) is 33.9 Å². The molecule has 0 radical (unpaired) electrons. The predicted octanol–water partition coefficient (Wildman–Crippen LogP) is 3.74. The standard InChI is InChI=1S/C25H29N3O4/c1-4-31-22-15-17(9-10-21(22)30-3)24(29)28-13-11-25(12-14-28)19(16-26)23(27-2)18-7-5-6-8-20(18)32-25/h5-10,15-16,26-27H,4,11-14H2,1-3H3. The fourth-order valence-electron chi connectivity index (χ4n) is 4.58. The smallest absolute Gasteiger partial charge is 0.253 e. The number of fused-ring (bicyclic) bond motifs is 1. The van der Waals surface area contributed by atoms with Crippen LogP contribution in [0.3, 0.4) is 0 Å². The number of methoxy groups -OCH3 is 1. The highest BCUT2D eigenvalue weighted by molar-refractivity contribution is 5.96. The summed E-state index contributed by atoms with van der Waals surface area (Å²) in [5, 5.41) is 11.4. The average Bonchev–Trinajstić information content (AvgIpc) is 2.83. The minimum absolute atomic E-state index is 0.0473. The fourth-order valence-corrected chi connectivity index (χ4v) is 4.58.